The van der Waals surface area contributed by atoms with Crippen LogP contribution < -0.4 is 5.73 Å². The average Bonchev–Trinajstić information content (AvgIpc) is 2.62. The van der Waals surface area contributed by atoms with Gasteiger partial charge in [-0.3, -0.25) is 9.59 Å². The number of alkyl halides is 2. The molecule has 4 aliphatic carbocycles. The van der Waals surface area contributed by atoms with Crippen LogP contribution in [0.25, 0.3) is 0 Å². The maximum atomic E-state index is 11.2. The Kier molecular flexibility index (Phi) is 1.56. The number of rotatable bonds is 2. The second-order valence-corrected chi connectivity index (χ2v) is 6.41. The standard InChI is InChI=1S/C9H9Cl2NO4/c10-9(11)2-1-7(5(13)14)3(4(7)9)8(2,12)6(15)16/h2-4H,1,12H2,(H,13,14)(H,15,16)/t2?,3?,4?,7?,8-/m0/s1. The minimum atomic E-state index is -1.59. The lowest BCUT2D eigenvalue weighted by atomic mass is 9.89. The fourth-order valence-electron chi connectivity index (χ4n) is 3.99. The quantitative estimate of drug-likeness (QED) is 0.624. The van der Waals surface area contributed by atoms with Gasteiger partial charge in [0.15, 0.2) is 0 Å². The number of hydrogen-bond donors (Lipinski definition) is 3. The van der Waals surface area contributed by atoms with E-state index in [1.54, 1.807) is 0 Å². The number of halogens is 2. The third-order valence-corrected chi connectivity index (χ3v) is 5.61. The van der Waals surface area contributed by atoms with Crippen LogP contribution in [0.3, 0.4) is 0 Å². The Morgan fingerprint density at radius 1 is 1.19 bits per heavy atom. The number of carboxylic acid groups (broad SMARTS) is 2. The summed E-state index contributed by atoms with van der Waals surface area (Å²) in [6, 6.07) is 0. The van der Waals surface area contributed by atoms with Crippen LogP contribution in [0.4, 0.5) is 0 Å². The summed E-state index contributed by atoms with van der Waals surface area (Å²) >= 11 is 12.1. The summed E-state index contributed by atoms with van der Waals surface area (Å²) in [5, 5.41) is 18.4. The molecule has 4 rings (SSSR count). The fourth-order valence-corrected chi connectivity index (χ4v) is 5.15. The second kappa shape index (κ2) is 2.35. The van der Waals surface area contributed by atoms with E-state index in [4.69, 9.17) is 34.0 Å². The molecule has 4 unspecified atom stereocenters. The zero-order valence-corrected chi connectivity index (χ0v) is 9.50. The van der Waals surface area contributed by atoms with Gasteiger partial charge in [0.1, 0.15) is 9.87 Å². The molecule has 0 saturated heterocycles. The average molecular weight is 266 g/mol. The zero-order valence-electron chi connectivity index (χ0n) is 7.98. The number of aliphatic carboxylic acids is 2. The molecular weight excluding hydrogens is 257 g/mol. The summed E-state index contributed by atoms with van der Waals surface area (Å²) in [7, 11) is 0. The van der Waals surface area contributed by atoms with Crippen molar-refractivity contribution in [2.24, 2.45) is 28.9 Å². The van der Waals surface area contributed by atoms with Gasteiger partial charge in [-0.1, -0.05) is 0 Å². The molecule has 88 valence electrons. The van der Waals surface area contributed by atoms with Crippen LogP contribution in [0.1, 0.15) is 6.42 Å². The molecule has 0 aromatic rings. The van der Waals surface area contributed by atoms with Gasteiger partial charge in [0.05, 0.1) is 5.41 Å². The lowest BCUT2D eigenvalue weighted by Gasteiger charge is -2.27. The first-order chi connectivity index (χ1) is 7.21. The van der Waals surface area contributed by atoms with Gasteiger partial charge in [-0.15, -0.1) is 23.2 Å². The molecule has 0 radical (unpaired) electrons. The number of hydrogen-bond acceptors (Lipinski definition) is 3. The Morgan fingerprint density at radius 2 is 1.75 bits per heavy atom. The summed E-state index contributed by atoms with van der Waals surface area (Å²) in [5.41, 5.74) is 3.14. The molecule has 0 aromatic carbocycles. The summed E-state index contributed by atoms with van der Waals surface area (Å²) in [6.07, 6.45) is 0.160. The van der Waals surface area contributed by atoms with Crippen molar-refractivity contribution in [1.29, 1.82) is 0 Å². The molecule has 4 aliphatic rings. The lowest BCUT2D eigenvalue weighted by molar-refractivity contribution is -0.145. The number of carbonyl (C=O) groups is 2. The first-order valence-corrected chi connectivity index (χ1v) is 5.61. The van der Waals surface area contributed by atoms with Crippen molar-refractivity contribution in [3.63, 3.8) is 0 Å². The predicted octanol–water partition coefficient (Wildman–Crippen LogP) is 0.293. The summed E-state index contributed by atoms with van der Waals surface area (Å²) in [4.78, 5) is 22.4. The van der Waals surface area contributed by atoms with E-state index in [9.17, 15) is 14.7 Å². The molecule has 5 atom stereocenters. The minimum absolute atomic E-state index is 0.160. The summed E-state index contributed by atoms with van der Waals surface area (Å²) in [6.45, 7) is 0. The van der Waals surface area contributed by atoms with E-state index in [0.29, 0.717) is 0 Å². The van der Waals surface area contributed by atoms with Gasteiger partial charge in [-0.05, 0) is 6.42 Å². The van der Waals surface area contributed by atoms with Crippen LogP contribution in [0.2, 0.25) is 0 Å². The van der Waals surface area contributed by atoms with Crippen LogP contribution >= 0.6 is 23.2 Å². The largest absolute Gasteiger partial charge is 0.481 e. The molecule has 4 bridgehead atoms. The molecule has 4 saturated carbocycles. The van der Waals surface area contributed by atoms with Crippen molar-refractivity contribution in [2.45, 2.75) is 16.3 Å². The summed E-state index contributed by atoms with van der Waals surface area (Å²) in [5.74, 6) is -4.12. The SMILES string of the molecule is N[C@@]1(C(=O)O)C2CC3(C(=O)O)C(C31)C2(Cl)Cl. The molecular formula is C9H9Cl2NO4. The van der Waals surface area contributed by atoms with Crippen molar-refractivity contribution in [3.05, 3.63) is 0 Å². The smallest absolute Gasteiger partial charge is 0.324 e. The molecule has 0 aromatic heterocycles. The Morgan fingerprint density at radius 3 is 2.00 bits per heavy atom. The van der Waals surface area contributed by atoms with Gasteiger partial charge in [0.2, 0.25) is 0 Å². The van der Waals surface area contributed by atoms with E-state index in [1.165, 1.54) is 0 Å². The van der Waals surface area contributed by atoms with E-state index in [1.807, 2.05) is 0 Å². The van der Waals surface area contributed by atoms with Gasteiger partial charge in [-0.2, -0.15) is 0 Å². The van der Waals surface area contributed by atoms with Crippen molar-refractivity contribution >= 4 is 35.1 Å². The first-order valence-electron chi connectivity index (χ1n) is 4.85. The molecule has 0 heterocycles. The molecule has 7 heteroatoms. The van der Waals surface area contributed by atoms with Crippen LogP contribution in [-0.2, 0) is 9.59 Å². The zero-order chi connectivity index (χ0) is 12.1. The lowest BCUT2D eigenvalue weighted by Crippen LogP contribution is -2.54. The van der Waals surface area contributed by atoms with Crippen LogP contribution in [0.5, 0.6) is 0 Å². The highest BCUT2D eigenvalue weighted by Gasteiger charge is 2.96. The van der Waals surface area contributed by atoms with Crippen LogP contribution in [-0.4, -0.2) is 32.0 Å². The predicted molar refractivity (Wildman–Crippen MR) is 54.1 cm³/mol. The third-order valence-electron chi connectivity index (χ3n) is 4.62. The van der Waals surface area contributed by atoms with Gasteiger partial charge in [0.25, 0.3) is 0 Å². The normalized spacial score (nSPS) is 55.1. The first kappa shape index (κ1) is 10.6. The Hall–Kier alpha value is -0.520. The highest BCUT2D eigenvalue weighted by atomic mass is 35.5. The maximum absolute atomic E-state index is 11.2. The highest BCUT2D eigenvalue weighted by molar-refractivity contribution is 6.50. The Bertz CT molecular complexity index is 439. The van der Waals surface area contributed by atoms with E-state index in [2.05, 4.69) is 0 Å². The van der Waals surface area contributed by atoms with Crippen molar-refractivity contribution in [2.75, 3.05) is 0 Å². The number of nitrogens with two attached hydrogens (primary N) is 1. The Balaban J connectivity index is 2.16. The minimum Gasteiger partial charge on any atom is -0.481 e. The maximum Gasteiger partial charge on any atom is 0.324 e. The van der Waals surface area contributed by atoms with Gasteiger partial charge >= 0.3 is 11.9 Å². The van der Waals surface area contributed by atoms with E-state index < -0.39 is 45.0 Å². The Labute approximate surface area is 100 Å². The molecule has 0 amide bonds. The fraction of sp³-hybridized carbons (Fsp3) is 0.778. The van der Waals surface area contributed by atoms with Gasteiger partial charge in [0, 0.05) is 17.8 Å². The second-order valence-electron chi connectivity index (χ2n) is 4.97. The topological polar surface area (TPSA) is 101 Å². The van der Waals surface area contributed by atoms with Gasteiger partial charge in [-0.25, -0.2) is 0 Å². The van der Waals surface area contributed by atoms with Crippen molar-refractivity contribution in [3.8, 4) is 0 Å². The third kappa shape index (κ3) is 0.707. The van der Waals surface area contributed by atoms with E-state index in [0.717, 1.165) is 0 Å². The van der Waals surface area contributed by atoms with E-state index in [-0.39, 0.29) is 6.42 Å². The van der Waals surface area contributed by atoms with E-state index >= 15 is 0 Å². The summed E-state index contributed by atoms with van der Waals surface area (Å²) < 4.78 is -1.32. The molecule has 0 aliphatic heterocycles. The highest BCUT2D eigenvalue weighted by Crippen LogP contribution is 2.87. The molecule has 0 spiro atoms. The number of carboxylic acids is 2. The monoisotopic (exact) mass is 265 g/mol. The van der Waals surface area contributed by atoms with Crippen LogP contribution in [0, 0.1) is 23.2 Å². The van der Waals surface area contributed by atoms with Crippen LogP contribution in [0.15, 0.2) is 0 Å². The molecule has 5 nitrogen and oxygen atoms in total. The molecule has 4 N–H and O–H groups in total. The molecule has 4 fully saturated rings. The van der Waals surface area contributed by atoms with Crippen molar-refractivity contribution in [1.82, 2.24) is 0 Å². The van der Waals surface area contributed by atoms with Gasteiger partial charge < -0.3 is 15.9 Å². The van der Waals surface area contributed by atoms with Crippen molar-refractivity contribution < 1.29 is 19.8 Å². The molecule has 16 heavy (non-hydrogen) atoms.